The second-order valence-corrected chi connectivity index (χ2v) is 11.0. The normalized spacial score (nSPS) is 12.6. The molecular weight excluding hydrogens is 486 g/mol. The first-order chi connectivity index (χ1) is 19.8. The molecule has 0 fully saturated rings. The molecule has 10 rings (SSSR count). The van der Waals surface area contributed by atoms with Crippen LogP contribution in [0.4, 0.5) is 0 Å². The van der Waals surface area contributed by atoms with Gasteiger partial charge in [-0.3, -0.25) is 0 Å². The maximum absolute atomic E-state index is 2.52. The first-order valence-electron chi connectivity index (χ1n) is 13.9. The number of rotatable bonds is 1. The molecule has 0 N–H and O–H groups in total. The summed E-state index contributed by atoms with van der Waals surface area (Å²) in [7, 11) is 2.22. The van der Waals surface area contributed by atoms with Crippen molar-refractivity contribution in [2.45, 2.75) is 0 Å². The van der Waals surface area contributed by atoms with Crippen LogP contribution >= 0.6 is 0 Å². The highest BCUT2D eigenvalue weighted by atomic mass is 15.0. The predicted octanol–water partition coefficient (Wildman–Crippen LogP) is 9.58. The van der Waals surface area contributed by atoms with E-state index in [1.807, 2.05) is 0 Å². The highest BCUT2D eigenvalue weighted by molar-refractivity contribution is 6.38. The molecule has 0 saturated heterocycles. The Hall–Kier alpha value is -5.28. The van der Waals surface area contributed by atoms with Gasteiger partial charge in [0.25, 0.3) is 0 Å². The standard InChI is InChI=1S/C37H23N3/c1-38-30-19-10-20-31-34(30)35-32(38)21-27-24-14-6-7-17-28(24)39(22-11-3-2-4-12-22)37(27)33(35)26-16-9-15-25-23-13-5-8-18-29(23)40(31)36(25)26/h2-21H,1H3. The SMILES string of the molecule is Cn1c2cc3c4ccccc4n(-c4ccccc4)c3c3c4cccc5c6ccccc6n(c6cccc1c6c32)c54. The molecular formula is C37H23N3. The van der Waals surface area contributed by atoms with Crippen LogP contribution in [0.1, 0.15) is 0 Å². The van der Waals surface area contributed by atoms with E-state index >= 15 is 0 Å². The number of hydrogen-bond acceptors (Lipinski definition) is 0. The van der Waals surface area contributed by atoms with Gasteiger partial charge in [0.05, 0.1) is 38.6 Å². The van der Waals surface area contributed by atoms with Crippen molar-refractivity contribution in [1.82, 2.24) is 13.5 Å². The Kier molecular flexibility index (Phi) is 3.62. The van der Waals surface area contributed by atoms with E-state index in [-0.39, 0.29) is 0 Å². The van der Waals surface area contributed by atoms with Gasteiger partial charge >= 0.3 is 0 Å². The maximum Gasteiger partial charge on any atom is 0.0628 e. The number of aryl methyl sites for hydroxylation is 1. The van der Waals surface area contributed by atoms with Gasteiger partial charge in [-0.1, -0.05) is 78.9 Å². The van der Waals surface area contributed by atoms with Crippen LogP contribution < -0.4 is 0 Å². The smallest absolute Gasteiger partial charge is 0.0628 e. The number of benzene rings is 6. The summed E-state index contributed by atoms with van der Waals surface area (Å²) in [6.07, 6.45) is 0. The maximum atomic E-state index is 2.52. The summed E-state index contributed by atoms with van der Waals surface area (Å²) < 4.78 is 7.39. The fourth-order valence-electron chi connectivity index (χ4n) is 7.59. The zero-order chi connectivity index (χ0) is 26.1. The Balaban J connectivity index is 1.67. The van der Waals surface area contributed by atoms with Gasteiger partial charge in [0, 0.05) is 55.8 Å². The van der Waals surface area contributed by atoms with E-state index in [9.17, 15) is 0 Å². The zero-order valence-corrected chi connectivity index (χ0v) is 21.9. The third-order valence-electron chi connectivity index (χ3n) is 9.15. The van der Waals surface area contributed by atoms with Crippen LogP contribution in [0.3, 0.4) is 0 Å². The first-order valence-corrected chi connectivity index (χ1v) is 13.9. The molecule has 0 atom stereocenters. The van der Waals surface area contributed by atoms with Gasteiger partial charge in [-0.25, -0.2) is 0 Å². The molecule has 0 amide bonds. The van der Waals surface area contributed by atoms with E-state index in [0.29, 0.717) is 0 Å². The lowest BCUT2D eigenvalue weighted by Gasteiger charge is -2.11. The molecule has 0 spiro atoms. The van der Waals surface area contributed by atoms with Gasteiger partial charge < -0.3 is 13.5 Å². The Labute approximate surface area is 229 Å². The molecule has 0 radical (unpaired) electrons. The predicted molar refractivity (Wildman–Crippen MR) is 169 cm³/mol. The zero-order valence-electron chi connectivity index (χ0n) is 21.9. The summed E-state index contributed by atoms with van der Waals surface area (Å²) in [5.74, 6) is 0. The molecule has 3 nitrogen and oxygen atoms in total. The molecule has 4 heterocycles. The van der Waals surface area contributed by atoms with Gasteiger partial charge in [-0.2, -0.15) is 0 Å². The first kappa shape index (κ1) is 20.7. The molecule has 0 unspecified atom stereocenters. The van der Waals surface area contributed by atoms with E-state index in [2.05, 4.69) is 142 Å². The van der Waals surface area contributed by atoms with Crippen molar-refractivity contribution < 1.29 is 0 Å². The second-order valence-electron chi connectivity index (χ2n) is 11.0. The molecule has 186 valence electrons. The fourth-order valence-corrected chi connectivity index (χ4v) is 7.59. The van der Waals surface area contributed by atoms with Crippen molar-refractivity contribution in [2.75, 3.05) is 0 Å². The molecule has 0 aliphatic carbocycles. The molecule has 3 heteroatoms. The number of fused-ring (bicyclic) bond motifs is 9. The van der Waals surface area contributed by atoms with Crippen LogP contribution in [0.2, 0.25) is 0 Å². The molecule has 0 aliphatic rings. The average Bonchev–Trinajstić information content (AvgIpc) is 3.59. The van der Waals surface area contributed by atoms with Crippen molar-refractivity contribution in [3.63, 3.8) is 0 Å². The Morgan fingerprint density at radius 3 is 1.88 bits per heavy atom. The van der Waals surface area contributed by atoms with Gasteiger partial charge in [0.2, 0.25) is 0 Å². The minimum atomic E-state index is 1.18. The lowest BCUT2D eigenvalue weighted by Crippen LogP contribution is -1.94. The highest BCUT2D eigenvalue weighted by Crippen LogP contribution is 2.47. The Morgan fingerprint density at radius 1 is 0.400 bits per heavy atom. The minimum Gasteiger partial charge on any atom is -0.344 e. The van der Waals surface area contributed by atoms with Crippen LogP contribution in [0.15, 0.2) is 121 Å². The van der Waals surface area contributed by atoms with Crippen molar-refractivity contribution in [3.05, 3.63) is 121 Å². The summed E-state index contributed by atoms with van der Waals surface area (Å²) in [5, 5.41) is 10.4. The van der Waals surface area contributed by atoms with Crippen molar-refractivity contribution >= 4 is 81.7 Å². The van der Waals surface area contributed by atoms with Gasteiger partial charge in [-0.05, 0) is 42.5 Å². The van der Waals surface area contributed by atoms with Gasteiger partial charge in [0.15, 0.2) is 0 Å². The van der Waals surface area contributed by atoms with E-state index in [4.69, 9.17) is 0 Å². The van der Waals surface area contributed by atoms with Crippen molar-refractivity contribution in [1.29, 1.82) is 0 Å². The Morgan fingerprint density at radius 2 is 1.02 bits per heavy atom. The van der Waals surface area contributed by atoms with E-state index in [1.54, 1.807) is 0 Å². The highest BCUT2D eigenvalue weighted by Gasteiger charge is 2.25. The summed E-state index contributed by atoms with van der Waals surface area (Å²) in [5.41, 5.74) is 10.0. The monoisotopic (exact) mass is 509 g/mol. The molecule has 6 aromatic carbocycles. The lowest BCUT2D eigenvalue weighted by atomic mass is 10.00. The van der Waals surface area contributed by atoms with E-state index in [0.717, 1.165) is 0 Å². The number of nitrogens with zero attached hydrogens (tertiary/aromatic N) is 3. The van der Waals surface area contributed by atoms with Crippen molar-refractivity contribution in [3.8, 4) is 5.69 Å². The largest absolute Gasteiger partial charge is 0.344 e. The minimum absolute atomic E-state index is 1.18. The van der Waals surface area contributed by atoms with Crippen molar-refractivity contribution in [2.24, 2.45) is 7.05 Å². The fraction of sp³-hybridized carbons (Fsp3) is 0.0270. The van der Waals surface area contributed by atoms with Gasteiger partial charge in [0.1, 0.15) is 0 Å². The summed E-state index contributed by atoms with van der Waals surface area (Å²) >= 11 is 0. The third kappa shape index (κ3) is 2.26. The molecule has 40 heavy (non-hydrogen) atoms. The van der Waals surface area contributed by atoms with E-state index < -0.39 is 0 Å². The molecule has 0 bridgehead atoms. The molecule has 0 aliphatic heterocycles. The van der Waals surface area contributed by atoms with Gasteiger partial charge in [-0.15, -0.1) is 0 Å². The van der Waals surface area contributed by atoms with Crippen LogP contribution in [-0.4, -0.2) is 13.5 Å². The number of para-hydroxylation sites is 4. The van der Waals surface area contributed by atoms with E-state index in [1.165, 1.54) is 87.4 Å². The quantitative estimate of drug-likeness (QED) is 0.209. The number of aromatic nitrogens is 3. The van der Waals surface area contributed by atoms with Crippen LogP contribution in [0, 0.1) is 0 Å². The average molecular weight is 510 g/mol. The van der Waals surface area contributed by atoms with Crippen LogP contribution in [0.5, 0.6) is 0 Å². The topological polar surface area (TPSA) is 14.3 Å². The summed E-state index contributed by atoms with van der Waals surface area (Å²) in [4.78, 5) is 0. The molecule has 4 aromatic heterocycles. The summed E-state index contributed by atoms with van der Waals surface area (Å²) in [6, 6.07) is 44.6. The third-order valence-corrected chi connectivity index (χ3v) is 9.15. The Bertz CT molecular complexity index is 2650. The summed E-state index contributed by atoms with van der Waals surface area (Å²) in [6.45, 7) is 0. The number of hydrogen-bond donors (Lipinski definition) is 0. The van der Waals surface area contributed by atoms with Crippen LogP contribution in [-0.2, 0) is 7.05 Å². The molecule has 0 saturated carbocycles. The van der Waals surface area contributed by atoms with Crippen LogP contribution in [0.25, 0.3) is 87.4 Å². The lowest BCUT2D eigenvalue weighted by molar-refractivity contribution is 1.02. The second kappa shape index (κ2) is 7.02. The molecule has 10 aromatic rings.